The summed E-state index contributed by atoms with van der Waals surface area (Å²) in [6.45, 7) is 9.81. The Kier molecular flexibility index (Phi) is 16.9. The Morgan fingerprint density at radius 2 is 0.609 bits per heavy atom. The molecule has 2 aliphatic rings. The molecule has 3 aromatic heterocycles. The molecule has 21 nitrogen and oxygen atoms in total. The minimum absolute atomic E-state index is 0.000598. The number of fused-ring (bicyclic) bond motifs is 20. The molecule has 0 fully saturated rings. The molecule has 2 N–H and O–H groups in total. The predicted molar refractivity (Wildman–Crippen MR) is 337 cm³/mol. The Labute approximate surface area is 506 Å². The third kappa shape index (κ3) is 11.9. The van der Waals surface area contributed by atoms with E-state index in [0.29, 0.717) is 16.3 Å². The lowest BCUT2D eigenvalue weighted by Gasteiger charge is -2.13. The molecule has 10 rings (SSSR count). The van der Waals surface area contributed by atoms with Crippen LogP contribution in [0.3, 0.4) is 0 Å². The Bertz CT molecular complexity index is 5150. The summed E-state index contributed by atoms with van der Waals surface area (Å²) in [6, 6.07) is 20.0. The van der Waals surface area contributed by atoms with Gasteiger partial charge in [0.15, 0.2) is 82.3 Å². The Balaban J connectivity index is 1.43. The third-order valence-corrected chi connectivity index (χ3v) is 26.7. The second-order valence-corrected chi connectivity index (χ2v) is 34.0. The molecule has 2 aliphatic heterocycles. The number of sulfone groups is 6. The fourth-order valence-corrected chi connectivity index (χ4v) is 21.4. The van der Waals surface area contributed by atoms with Crippen LogP contribution in [0.1, 0.15) is 91.2 Å². The fourth-order valence-electron chi connectivity index (χ4n) is 10.6. The molecule has 0 amide bonds. The molecular formula is C60H63N9O12S6. The minimum Gasteiger partial charge on any atom is -0.378 e. The fraction of sp³-hybridized carbons (Fsp3) is 0.333. The van der Waals surface area contributed by atoms with Crippen molar-refractivity contribution in [2.45, 2.75) is 109 Å². The zero-order valence-corrected chi connectivity index (χ0v) is 53.9. The molecule has 5 aromatic carbocycles. The molecule has 0 spiro atoms. The van der Waals surface area contributed by atoms with Gasteiger partial charge in [-0.15, -0.1) is 0 Å². The van der Waals surface area contributed by atoms with Crippen LogP contribution in [-0.4, -0.2) is 139 Å². The maximum Gasteiger partial charge on any atom is 0.179 e. The number of nitrogens with one attached hydrogen (secondary N) is 2. The maximum absolute atomic E-state index is 14.3. The molecule has 8 bridgehead atoms. The number of rotatable bonds is 19. The molecule has 0 saturated heterocycles. The third-order valence-electron chi connectivity index (χ3n) is 14.6. The average molecular weight is 1290 g/mol. The molecule has 87 heavy (non-hydrogen) atoms. The lowest BCUT2D eigenvalue weighted by Crippen LogP contribution is -2.15. The zero-order chi connectivity index (χ0) is 62.8. The topological polar surface area (TPSA) is 317 Å². The van der Waals surface area contributed by atoms with Crippen LogP contribution in [-0.2, 0) is 59.0 Å². The van der Waals surface area contributed by atoms with Crippen LogP contribution in [0.25, 0.3) is 89.7 Å². The molecule has 27 heteroatoms. The summed E-state index contributed by atoms with van der Waals surface area (Å²) in [5, 5.41) is 0.989. The van der Waals surface area contributed by atoms with Crippen LogP contribution in [0.5, 0.6) is 0 Å². The number of aromatic nitrogens is 8. The first-order valence-corrected chi connectivity index (χ1v) is 38.2. The Morgan fingerprint density at radius 1 is 0.333 bits per heavy atom. The van der Waals surface area contributed by atoms with Gasteiger partial charge >= 0.3 is 0 Å². The SMILES string of the molecule is CCCS(=O)(=O)c1cc2c(cc1S(=O)(=O)CCC)-c1nc-2nc2nc(nc3[nH]c(nc4[nH]c(n1)c1cc(C#Cc5ccc(N(C)C)cc5)ccc41)c1cc(S(=O)(=O)CCC)c(S(=O)(=O)CCC)cc31)-c1cc(S(=O)(=O)CCC)c(S(=O)(=O)CCC)cc1-2. The Morgan fingerprint density at radius 3 is 0.943 bits per heavy atom. The average Bonchev–Trinajstić information content (AvgIpc) is 1.71. The van der Waals surface area contributed by atoms with E-state index in [1.807, 2.05) is 43.3 Å². The van der Waals surface area contributed by atoms with Crippen molar-refractivity contribution < 1.29 is 50.5 Å². The van der Waals surface area contributed by atoms with E-state index in [-0.39, 0.29) is 117 Å². The highest BCUT2D eigenvalue weighted by Gasteiger charge is 2.36. The summed E-state index contributed by atoms with van der Waals surface area (Å²) in [6.07, 6.45) is 0.799. The number of aromatic amines is 2. The van der Waals surface area contributed by atoms with Crippen molar-refractivity contribution in [3.8, 4) is 57.4 Å². The monoisotopic (exact) mass is 1290 g/mol. The van der Waals surface area contributed by atoms with Crippen molar-refractivity contribution in [2.75, 3.05) is 53.5 Å². The van der Waals surface area contributed by atoms with Gasteiger partial charge in [-0.05, 0) is 117 Å². The zero-order valence-electron chi connectivity index (χ0n) is 49.0. The van der Waals surface area contributed by atoms with Crippen molar-refractivity contribution in [3.63, 3.8) is 0 Å². The van der Waals surface area contributed by atoms with Gasteiger partial charge in [0.25, 0.3) is 0 Å². The maximum atomic E-state index is 14.3. The number of hydrogen-bond acceptors (Lipinski definition) is 19. The number of hydrogen-bond donors (Lipinski definition) is 2. The van der Waals surface area contributed by atoms with Gasteiger partial charge in [-0.3, -0.25) is 0 Å². The summed E-state index contributed by atoms with van der Waals surface area (Å²) in [7, 11) is -22.1. The molecule has 456 valence electrons. The van der Waals surface area contributed by atoms with Crippen LogP contribution in [0.4, 0.5) is 5.69 Å². The van der Waals surface area contributed by atoms with Gasteiger partial charge in [0.2, 0.25) is 0 Å². The van der Waals surface area contributed by atoms with Crippen molar-refractivity contribution in [1.29, 1.82) is 0 Å². The lowest BCUT2D eigenvalue weighted by atomic mass is 10.1. The van der Waals surface area contributed by atoms with Gasteiger partial charge in [-0.25, -0.2) is 80.4 Å². The molecule has 0 radical (unpaired) electrons. The van der Waals surface area contributed by atoms with E-state index in [9.17, 15) is 50.5 Å². The van der Waals surface area contributed by atoms with E-state index in [1.54, 1.807) is 59.7 Å². The smallest absolute Gasteiger partial charge is 0.179 e. The predicted octanol–water partition coefficient (Wildman–Crippen LogP) is 9.44. The van der Waals surface area contributed by atoms with Gasteiger partial charge in [-0.1, -0.05) is 53.4 Å². The first-order valence-electron chi connectivity index (χ1n) is 28.3. The van der Waals surface area contributed by atoms with Gasteiger partial charge in [-0.2, -0.15) is 0 Å². The highest BCUT2D eigenvalue weighted by molar-refractivity contribution is 7.95. The molecule has 0 unspecified atom stereocenters. The van der Waals surface area contributed by atoms with Crippen LogP contribution in [0, 0.1) is 11.8 Å². The first kappa shape index (κ1) is 62.6. The molecule has 8 aromatic rings. The van der Waals surface area contributed by atoms with E-state index < -0.39 is 123 Å². The highest BCUT2D eigenvalue weighted by Crippen LogP contribution is 2.44. The molecule has 0 aliphatic carbocycles. The van der Waals surface area contributed by atoms with E-state index in [2.05, 4.69) is 21.8 Å². The first-order chi connectivity index (χ1) is 41.1. The van der Waals surface area contributed by atoms with E-state index in [0.717, 1.165) is 23.4 Å². The normalized spacial score (nSPS) is 12.9. The van der Waals surface area contributed by atoms with E-state index in [4.69, 9.17) is 29.9 Å². The van der Waals surface area contributed by atoms with Crippen LogP contribution in [0.2, 0.25) is 0 Å². The van der Waals surface area contributed by atoms with Gasteiger partial charge in [0.05, 0.1) is 63.9 Å². The minimum atomic E-state index is -4.36. The Hall–Kier alpha value is -7.48. The summed E-state index contributed by atoms with van der Waals surface area (Å²) in [4.78, 5) is 35.1. The van der Waals surface area contributed by atoms with Gasteiger partial charge in [0, 0.05) is 74.7 Å². The standard InChI is InChI=1S/C60H63N9O12S6/c1-9-23-82(70,71)47-30-41-42(31-48(47)83(72,73)24-10-2)57-64-55(41)62-53-39-22-19-37(16-15-36-17-20-38(21-18-36)69(7)8)29-40(39)54(61-53)63-56-43-32-49(84(74,75)25-11-3)50(85(76,77)26-12-4)33-44(43)58(65-56)67-60-46-35-52(87(80,81)28-14-6)51(86(78,79)27-13-5)34-45(46)59(66-57)68-60/h17-22,29-35H,9-14,23-28H2,1-8H3,(H2,61,62,63,64,65,66,67,68). The van der Waals surface area contributed by atoms with Gasteiger partial charge < -0.3 is 14.9 Å². The van der Waals surface area contributed by atoms with E-state index in [1.165, 1.54) is 24.3 Å². The van der Waals surface area contributed by atoms with Crippen molar-refractivity contribution >= 4 is 109 Å². The summed E-state index contributed by atoms with van der Waals surface area (Å²) >= 11 is 0. The van der Waals surface area contributed by atoms with Crippen LogP contribution >= 0.6 is 0 Å². The summed E-state index contributed by atoms with van der Waals surface area (Å²) < 4.78 is 172. The van der Waals surface area contributed by atoms with Crippen molar-refractivity contribution in [1.82, 2.24) is 39.9 Å². The quantitative estimate of drug-likeness (QED) is 0.0712. The van der Waals surface area contributed by atoms with Crippen molar-refractivity contribution in [2.24, 2.45) is 0 Å². The number of nitrogens with zero attached hydrogens (tertiary/aromatic N) is 7. The second kappa shape index (κ2) is 23.6. The van der Waals surface area contributed by atoms with E-state index >= 15 is 0 Å². The number of anilines is 1. The largest absolute Gasteiger partial charge is 0.378 e. The van der Waals surface area contributed by atoms with Crippen LogP contribution in [0.15, 0.2) is 108 Å². The molecule has 5 heterocycles. The summed E-state index contributed by atoms with van der Waals surface area (Å²) in [5.74, 6) is 2.91. The second-order valence-electron chi connectivity index (χ2n) is 21.5. The van der Waals surface area contributed by atoms with Crippen molar-refractivity contribution in [3.05, 3.63) is 90.0 Å². The number of benzene rings is 5. The highest BCUT2D eigenvalue weighted by atomic mass is 32.2. The molecule has 0 atom stereocenters. The summed E-state index contributed by atoms with van der Waals surface area (Å²) in [5.41, 5.74) is 2.20. The lowest BCUT2D eigenvalue weighted by molar-refractivity contribution is 0.581. The van der Waals surface area contributed by atoms with Crippen LogP contribution < -0.4 is 4.90 Å². The van der Waals surface area contributed by atoms with Gasteiger partial charge in [0.1, 0.15) is 22.6 Å². The molecule has 0 saturated carbocycles. The number of H-pyrrole nitrogens is 2. The molecular weight excluding hydrogens is 1230 g/mol.